The second-order valence-electron chi connectivity index (χ2n) is 6.55. The second kappa shape index (κ2) is 8.37. The van der Waals surface area contributed by atoms with Crippen molar-refractivity contribution < 1.29 is 19.4 Å². The van der Waals surface area contributed by atoms with Gasteiger partial charge in [-0.25, -0.2) is 14.8 Å². The van der Waals surface area contributed by atoms with Crippen LogP contribution in [0.4, 0.5) is 16.3 Å². The predicted molar refractivity (Wildman–Crippen MR) is 108 cm³/mol. The smallest absolute Gasteiger partial charge is 0.407 e. The molecule has 0 spiro atoms. The number of hydrogen-bond acceptors (Lipinski definition) is 7. The minimum absolute atomic E-state index is 0.0184. The zero-order valence-corrected chi connectivity index (χ0v) is 17.2. The number of aromatic hydroxyl groups is 1. The average molecular weight is 485 g/mol. The van der Waals surface area contributed by atoms with E-state index in [0.717, 1.165) is 0 Å². The number of para-hydroxylation sites is 1. The molecule has 0 atom stereocenters. The molecule has 10 heteroatoms. The van der Waals surface area contributed by atoms with Gasteiger partial charge in [0, 0.05) is 12.1 Å². The normalized spacial score (nSPS) is 11.0. The third kappa shape index (κ3) is 5.94. The van der Waals surface area contributed by atoms with Gasteiger partial charge in [0.25, 0.3) is 5.91 Å². The number of ether oxygens (including phenoxy) is 1. The number of nitrogen functional groups attached to an aromatic ring is 1. The molecule has 2 amide bonds. The van der Waals surface area contributed by atoms with Crippen LogP contribution in [0.2, 0.25) is 0 Å². The molecular weight excluding hydrogens is 465 g/mol. The van der Waals surface area contributed by atoms with Gasteiger partial charge in [-0.2, -0.15) is 0 Å². The lowest BCUT2D eigenvalue weighted by Crippen LogP contribution is -2.32. The standard InChI is InChI=1S/C17H20IN5O4/c1-17(2,3)27-16(26)21-7-9-5-4-6-10(13(9)24)22-15(25)12-14(19)20-8-11(18)23-12/h4-6,8,24H,7H2,1-3H3,(H2,19,20)(H,21,26)(H,22,25). The van der Waals surface area contributed by atoms with Crippen LogP contribution in [-0.4, -0.2) is 32.7 Å². The maximum atomic E-state index is 12.4. The van der Waals surface area contributed by atoms with Gasteiger partial charge in [0.15, 0.2) is 11.5 Å². The van der Waals surface area contributed by atoms with Crippen molar-refractivity contribution in [3.63, 3.8) is 0 Å². The van der Waals surface area contributed by atoms with Crippen molar-refractivity contribution in [2.24, 2.45) is 0 Å². The molecule has 1 heterocycles. The van der Waals surface area contributed by atoms with E-state index in [9.17, 15) is 14.7 Å². The number of nitrogens with zero attached hydrogens (tertiary/aromatic N) is 2. The number of nitrogens with one attached hydrogen (secondary N) is 2. The average Bonchev–Trinajstić information content (AvgIpc) is 2.56. The zero-order valence-electron chi connectivity index (χ0n) is 15.0. The first kappa shape index (κ1) is 20.7. The molecule has 1 aromatic heterocycles. The molecule has 0 aliphatic rings. The van der Waals surface area contributed by atoms with Crippen LogP contribution in [0.25, 0.3) is 0 Å². The van der Waals surface area contributed by atoms with Crippen LogP contribution in [0.5, 0.6) is 5.75 Å². The van der Waals surface area contributed by atoms with Gasteiger partial charge in [0.05, 0.1) is 11.9 Å². The summed E-state index contributed by atoms with van der Waals surface area (Å²) in [6.45, 7) is 5.27. The Labute approximate surface area is 169 Å². The number of alkyl carbamates (subject to hydrolysis) is 1. The zero-order chi connectivity index (χ0) is 20.2. The van der Waals surface area contributed by atoms with Crippen molar-refractivity contribution in [2.45, 2.75) is 32.9 Å². The number of amides is 2. The van der Waals surface area contributed by atoms with Crippen LogP contribution in [0.15, 0.2) is 24.4 Å². The summed E-state index contributed by atoms with van der Waals surface area (Å²) in [6.07, 6.45) is 0.825. The van der Waals surface area contributed by atoms with Gasteiger partial charge in [0.1, 0.15) is 15.1 Å². The van der Waals surface area contributed by atoms with Gasteiger partial charge in [-0.05, 0) is 49.4 Å². The minimum atomic E-state index is -0.629. The Hall–Kier alpha value is -2.63. The van der Waals surface area contributed by atoms with E-state index >= 15 is 0 Å². The second-order valence-corrected chi connectivity index (χ2v) is 7.65. The molecule has 0 bridgehead atoms. The fourth-order valence-electron chi connectivity index (χ4n) is 2.04. The molecule has 144 valence electrons. The Balaban J connectivity index is 2.11. The molecule has 0 saturated heterocycles. The van der Waals surface area contributed by atoms with E-state index in [4.69, 9.17) is 10.5 Å². The molecule has 0 aliphatic carbocycles. The maximum absolute atomic E-state index is 12.4. The topological polar surface area (TPSA) is 139 Å². The summed E-state index contributed by atoms with van der Waals surface area (Å²) >= 11 is 1.91. The predicted octanol–water partition coefficient (Wildman–Crippen LogP) is 2.65. The number of anilines is 2. The third-order valence-electron chi connectivity index (χ3n) is 3.18. The molecule has 0 fully saturated rings. The summed E-state index contributed by atoms with van der Waals surface area (Å²) in [7, 11) is 0. The molecule has 0 saturated carbocycles. The van der Waals surface area contributed by atoms with Crippen LogP contribution >= 0.6 is 22.6 Å². The lowest BCUT2D eigenvalue weighted by molar-refractivity contribution is 0.0523. The Morgan fingerprint density at radius 1 is 1.33 bits per heavy atom. The largest absolute Gasteiger partial charge is 0.505 e. The molecule has 0 unspecified atom stereocenters. The first-order valence-corrected chi connectivity index (χ1v) is 9.02. The van der Waals surface area contributed by atoms with Crippen LogP contribution in [0.3, 0.4) is 0 Å². The number of hydrogen-bond donors (Lipinski definition) is 4. The van der Waals surface area contributed by atoms with Crippen molar-refractivity contribution in [3.05, 3.63) is 39.4 Å². The lowest BCUT2D eigenvalue weighted by Gasteiger charge is -2.20. The highest BCUT2D eigenvalue weighted by Crippen LogP contribution is 2.28. The fourth-order valence-corrected chi connectivity index (χ4v) is 2.42. The van der Waals surface area contributed by atoms with E-state index in [-0.39, 0.29) is 29.5 Å². The summed E-state index contributed by atoms with van der Waals surface area (Å²) in [5, 5.41) is 15.5. The summed E-state index contributed by atoms with van der Waals surface area (Å²) in [5.41, 5.74) is 5.57. The van der Waals surface area contributed by atoms with Crippen molar-refractivity contribution in [1.82, 2.24) is 15.3 Å². The van der Waals surface area contributed by atoms with E-state index < -0.39 is 17.6 Å². The monoisotopic (exact) mass is 485 g/mol. The van der Waals surface area contributed by atoms with E-state index in [0.29, 0.717) is 9.26 Å². The highest BCUT2D eigenvalue weighted by atomic mass is 127. The van der Waals surface area contributed by atoms with Crippen LogP contribution in [0, 0.1) is 3.70 Å². The number of phenols is 1. The van der Waals surface area contributed by atoms with E-state index in [1.165, 1.54) is 12.3 Å². The van der Waals surface area contributed by atoms with Crippen LogP contribution in [-0.2, 0) is 11.3 Å². The number of halogens is 1. The van der Waals surface area contributed by atoms with E-state index in [2.05, 4.69) is 20.6 Å². The Morgan fingerprint density at radius 2 is 2.04 bits per heavy atom. The first-order chi connectivity index (χ1) is 12.6. The van der Waals surface area contributed by atoms with Gasteiger partial charge in [0.2, 0.25) is 0 Å². The molecule has 2 aromatic rings. The SMILES string of the molecule is CC(C)(C)OC(=O)NCc1cccc(NC(=O)c2nc(I)cnc2N)c1O. The summed E-state index contributed by atoms with van der Waals surface area (Å²) in [6, 6.07) is 4.76. The summed E-state index contributed by atoms with van der Waals surface area (Å²) in [4.78, 5) is 32.1. The molecule has 5 N–H and O–H groups in total. The highest BCUT2D eigenvalue weighted by molar-refractivity contribution is 14.1. The van der Waals surface area contributed by atoms with Crippen molar-refractivity contribution in [2.75, 3.05) is 11.1 Å². The number of benzene rings is 1. The third-order valence-corrected chi connectivity index (χ3v) is 3.70. The number of rotatable bonds is 4. The summed E-state index contributed by atoms with van der Waals surface area (Å²) < 4.78 is 5.65. The number of carbonyl (C=O) groups excluding carboxylic acids is 2. The Bertz CT molecular complexity index is 867. The maximum Gasteiger partial charge on any atom is 0.407 e. The lowest BCUT2D eigenvalue weighted by atomic mass is 10.1. The highest BCUT2D eigenvalue weighted by Gasteiger charge is 2.18. The number of nitrogens with two attached hydrogens (primary N) is 1. The van der Waals surface area contributed by atoms with Crippen molar-refractivity contribution in [1.29, 1.82) is 0 Å². The number of carbonyl (C=O) groups is 2. The minimum Gasteiger partial charge on any atom is -0.505 e. The number of phenolic OH excluding ortho intramolecular Hbond substituents is 1. The number of aromatic nitrogens is 2. The quantitative estimate of drug-likeness (QED) is 0.386. The van der Waals surface area contributed by atoms with Gasteiger partial charge < -0.3 is 26.2 Å². The van der Waals surface area contributed by atoms with Crippen molar-refractivity contribution >= 4 is 46.1 Å². The summed E-state index contributed by atoms with van der Waals surface area (Å²) in [5.74, 6) is -0.805. The molecular formula is C17H20IN5O4. The van der Waals surface area contributed by atoms with Gasteiger partial charge in [-0.15, -0.1) is 0 Å². The first-order valence-electron chi connectivity index (χ1n) is 7.94. The van der Waals surface area contributed by atoms with E-state index in [1.54, 1.807) is 32.9 Å². The van der Waals surface area contributed by atoms with Gasteiger partial charge in [-0.3, -0.25) is 4.79 Å². The van der Waals surface area contributed by atoms with Crippen LogP contribution in [0.1, 0.15) is 36.8 Å². The van der Waals surface area contributed by atoms with Crippen molar-refractivity contribution in [3.8, 4) is 5.75 Å². The molecule has 0 aliphatic heterocycles. The molecule has 9 nitrogen and oxygen atoms in total. The molecule has 1 aromatic carbocycles. The fraction of sp³-hybridized carbons (Fsp3) is 0.294. The Morgan fingerprint density at radius 3 is 2.70 bits per heavy atom. The molecule has 27 heavy (non-hydrogen) atoms. The van der Waals surface area contributed by atoms with Gasteiger partial charge >= 0.3 is 6.09 Å². The Kier molecular flexibility index (Phi) is 6.41. The van der Waals surface area contributed by atoms with E-state index in [1.807, 2.05) is 22.6 Å². The van der Waals surface area contributed by atoms with Gasteiger partial charge in [-0.1, -0.05) is 12.1 Å². The molecule has 2 rings (SSSR count). The molecule has 0 radical (unpaired) electrons. The van der Waals surface area contributed by atoms with Crippen LogP contribution < -0.4 is 16.4 Å².